The van der Waals surface area contributed by atoms with Crippen LogP contribution in [0.15, 0.2) is 0 Å². The number of carboxylic acid groups (broad SMARTS) is 1. The molecule has 5 amide bonds. The van der Waals surface area contributed by atoms with Crippen LogP contribution < -0.4 is 62.9 Å². The summed E-state index contributed by atoms with van der Waals surface area (Å²) in [6.45, 7) is 30.0. The maximum atomic E-state index is 13.0. The minimum atomic E-state index is -1.92. The number of carboxylic acids is 1. The molecule has 0 aromatic rings. The molecule has 0 saturated heterocycles. The van der Waals surface area contributed by atoms with Crippen molar-refractivity contribution in [2.75, 3.05) is 45.8 Å². The Morgan fingerprint density at radius 2 is 0.610 bits per heavy atom. The van der Waals surface area contributed by atoms with Crippen LogP contribution >= 0.6 is 0 Å². The molecule has 0 aromatic heterocycles. The summed E-state index contributed by atoms with van der Waals surface area (Å²) in [5, 5.41) is 39.8. The van der Waals surface area contributed by atoms with Crippen molar-refractivity contribution >= 4 is 89.0 Å². The van der Waals surface area contributed by atoms with Gasteiger partial charge in [0.25, 0.3) is 17.7 Å². The van der Waals surface area contributed by atoms with E-state index < -0.39 is 148 Å². The highest BCUT2D eigenvalue weighted by Gasteiger charge is 2.41. The van der Waals surface area contributed by atoms with Gasteiger partial charge in [-0.05, 0) is 109 Å². The Morgan fingerprint density at radius 1 is 0.340 bits per heavy atom. The molecule has 0 unspecified atom stereocenters. The van der Waals surface area contributed by atoms with E-state index in [0.717, 1.165) is 0 Å². The van der Waals surface area contributed by atoms with Gasteiger partial charge in [-0.2, -0.15) is 0 Å². The number of Topliss-reactive ketones (excluding diaryl/α,β-unsaturated/α-hetero) is 3. The molecule has 100 heavy (non-hydrogen) atoms. The number of aliphatic hydroxyl groups is 2. The average molecular weight is 1490 g/mol. The lowest BCUT2D eigenvalue weighted by molar-refractivity contribution is -0.368. The lowest BCUT2D eigenvalue weighted by Crippen LogP contribution is -3.00. The first-order valence-corrected chi connectivity index (χ1v) is 32.5. The number of amides is 5. The minimum absolute atomic E-state index is 0. The molecule has 0 bridgehead atoms. The monoisotopic (exact) mass is 1480 g/mol. The van der Waals surface area contributed by atoms with E-state index >= 15 is 0 Å². The van der Waals surface area contributed by atoms with Gasteiger partial charge in [-0.25, -0.2) is 9.59 Å². The van der Waals surface area contributed by atoms with Crippen LogP contribution in [0, 0.1) is 0 Å². The first kappa shape index (κ1) is 106. The van der Waals surface area contributed by atoms with E-state index in [1.807, 2.05) is 0 Å². The van der Waals surface area contributed by atoms with Crippen LogP contribution in [0.25, 0.3) is 0 Å². The molecule has 0 aliphatic heterocycles. The van der Waals surface area contributed by atoms with E-state index in [-0.39, 0.29) is 155 Å². The molecule has 6 atom stereocenters. The summed E-state index contributed by atoms with van der Waals surface area (Å²) < 4.78 is 41.1. The molecule has 14 N–H and O–H groups in total. The van der Waals surface area contributed by atoms with Crippen molar-refractivity contribution in [3.63, 3.8) is 0 Å². The molecule has 0 aliphatic carbocycles. The van der Waals surface area contributed by atoms with Crippen molar-refractivity contribution < 1.29 is 161 Å². The number of hydrogen-bond donors (Lipinski definition) is 10. The topological polar surface area (TPSA) is 506 Å². The zero-order chi connectivity index (χ0) is 75.9. The Bertz CT molecular complexity index is 2340. The highest BCUT2D eigenvalue weighted by molar-refractivity contribution is 5.96. The van der Waals surface area contributed by atoms with Gasteiger partial charge >= 0.3 is 54.0 Å². The molecule has 0 radical (unpaired) electrons. The second-order valence-corrected chi connectivity index (χ2v) is 25.2. The van der Waals surface area contributed by atoms with Gasteiger partial charge in [0.05, 0.1) is 19.6 Å². The Hall–Kier alpha value is -7.33. The number of aliphatic carboxylic acids is 1. The van der Waals surface area contributed by atoms with Gasteiger partial charge < -0.3 is 116 Å². The number of aliphatic hydroxyl groups excluding tert-OH is 2. The number of hydrogen-bond acceptors (Lipinski definition) is 25. The summed E-state index contributed by atoms with van der Waals surface area (Å²) >= 11 is 0. The number of rotatable bonds is 39. The third kappa shape index (κ3) is 59.5. The largest absolute Gasteiger partial charge is 1.00 e. The molecule has 0 heterocycles. The molecular formula is C65H119Cl2N7O26. The molecule has 0 aromatic carbocycles. The van der Waals surface area contributed by atoms with Gasteiger partial charge in [0.1, 0.15) is 28.5 Å². The highest BCUT2D eigenvalue weighted by atomic mass is 35.5. The fraction of sp³-hybridized carbons (Fsp3) is 0.769. The van der Waals surface area contributed by atoms with Crippen LogP contribution in [0.4, 0.5) is 9.59 Å². The van der Waals surface area contributed by atoms with Crippen LogP contribution in [0.5, 0.6) is 0 Å². The summed E-state index contributed by atoms with van der Waals surface area (Å²) in [4.78, 5) is 178. The number of ether oxygens (including phenoxy) is 8. The van der Waals surface area contributed by atoms with Crippen molar-refractivity contribution in [1.82, 2.24) is 26.6 Å². The van der Waals surface area contributed by atoms with Crippen LogP contribution in [0.1, 0.15) is 221 Å². The molecule has 0 aliphatic rings. The Kier molecular flexibility index (Phi) is 60.8. The van der Waals surface area contributed by atoms with Gasteiger partial charge in [0.2, 0.25) is 24.4 Å². The predicted molar refractivity (Wildman–Crippen MR) is 353 cm³/mol. The maximum absolute atomic E-state index is 13.0. The molecule has 0 rings (SSSR count). The lowest BCUT2D eigenvalue weighted by atomic mass is 10.0. The third-order valence-corrected chi connectivity index (χ3v) is 11.3. The molecule has 35 heteroatoms. The zero-order valence-corrected chi connectivity index (χ0v) is 62.4. The molecule has 584 valence electrons. The normalized spacial score (nSPS) is 12.5. The zero-order valence-electron chi connectivity index (χ0n) is 60.9. The van der Waals surface area contributed by atoms with Crippen LogP contribution in [0.3, 0.4) is 0 Å². The Labute approximate surface area is 601 Å². The van der Waals surface area contributed by atoms with Crippen LogP contribution in [-0.2, 0) is 100 Å². The van der Waals surface area contributed by atoms with Crippen molar-refractivity contribution in [2.45, 2.75) is 280 Å². The second kappa shape index (κ2) is 57.3. The van der Waals surface area contributed by atoms with Gasteiger partial charge in [0, 0.05) is 96.8 Å². The Balaban J connectivity index is -0.000000252. The number of carbonyl (C=O) groups is 15. The number of ketones is 3. The third-order valence-electron chi connectivity index (χ3n) is 11.3. The first-order valence-electron chi connectivity index (χ1n) is 32.5. The van der Waals surface area contributed by atoms with Gasteiger partial charge in [0.15, 0.2) is 23.5 Å². The van der Waals surface area contributed by atoms with E-state index in [1.54, 1.807) is 104 Å². The fourth-order valence-electron chi connectivity index (χ4n) is 6.77. The number of quaternary nitrogens is 2. The van der Waals surface area contributed by atoms with Crippen molar-refractivity contribution in [3.8, 4) is 0 Å². The van der Waals surface area contributed by atoms with Gasteiger partial charge in [-0.1, -0.05) is 42.0 Å². The molecular weight excluding hydrogens is 1370 g/mol. The van der Waals surface area contributed by atoms with E-state index in [9.17, 15) is 82.1 Å². The molecule has 0 saturated carbocycles. The first-order chi connectivity index (χ1) is 44.8. The van der Waals surface area contributed by atoms with Gasteiger partial charge in [-0.3, -0.25) is 62.3 Å². The number of nitrogens with one attached hydrogen (secondary N) is 5. The number of alkyl carbamates (subject to hydrolysis) is 2. The van der Waals surface area contributed by atoms with Crippen LogP contribution in [0.2, 0.25) is 0 Å². The quantitative estimate of drug-likeness (QED) is 0.0161. The minimum Gasteiger partial charge on any atom is -1.00 e. The van der Waals surface area contributed by atoms with Gasteiger partial charge in [-0.15, -0.1) is 0 Å². The number of esters is 6. The molecule has 0 fully saturated rings. The summed E-state index contributed by atoms with van der Waals surface area (Å²) in [6.07, 6.45) is -10.0. The van der Waals surface area contributed by atoms with E-state index in [0.29, 0.717) is 19.5 Å². The molecule has 33 nitrogen and oxygen atoms in total. The predicted octanol–water partition coefficient (Wildman–Crippen LogP) is -3.73. The fourth-order valence-corrected chi connectivity index (χ4v) is 6.77. The standard InChI is InChI=1S/C26H44N2O10.C20H36N2O8.C15H27N3O6.C3H6O2.CH4.2ClH/c1-9-18(30)35-21(17(29)13-11-16-28-24(34)38-26(6,7)8)22(36-19(31)10-2)23(33)27-15-12-14-20(32)37-25(3,4)5;1-19(2,3)29-14(24)10-8-11-21-17(27)16(26)15(25)13(23)9-7-12-22-18(28)30-20(4,5)6;1-3-11(20)23-13(10(19)6-5-7-16)14(24-12(21)4-2)15(22)18-9-8-17;1-2-3(4)5;;;/h21-22H,9-16H2,1-8H3,(H,27,33)(H,28,34);15-16,25-26H,7-12H2,1-6H3,(H,21,27)(H,22,28);13-14H,3-9,16-17H2,1-2H3,(H,18,22);2H2,1H3,(H,4,5);1H4;2*1H/t21-,22+;15-,16+;13-,14+;;;;/m000..../s1. The summed E-state index contributed by atoms with van der Waals surface area (Å²) in [6, 6.07) is 0. The highest BCUT2D eigenvalue weighted by Crippen LogP contribution is 2.17. The van der Waals surface area contributed by atoms with Crippen molar-refractivity contribution in [2.24, 2.45) is 0 Å². The average Bonchev–Trinajstić information content (AvgIpc) is 0.854. The van der Waals surface area contributed by atoms with E-state index in [2.05, 4.69) is 38.1 Å². The van der Waals surface area contributed by atoms with E-state index in [1.165, 1.54) is 13.8 Å². The number of halogens is 2. The van der Waals surface area contributed by atoms with Crippen molar-refractivity contribution in [1.29, 1.82) is 0 Å². The smallest absolute Gasteiger partial charge is 0.407 e. The Morgan fingerprint density at radius 3 is 0.900 bits per heavy atom. The SMILES string of the molecule is C.CC(C)(C)OC(=O)CCCNC(=O)[C@H](O)[C@@H](O)C(=O)CCCNC(=O)OC(C)(C)C.CCC(=O)O.CCC(=O)O[C@@H](C(=O)CCCNC(=O)OC(C)(C)C)[C@@H](OC(=O)CC)C(=O)NCCCC(=O)OC(C)(C)C.CCC(=O)O[C@@H](C(=O)CCC[NH3+])[C@@H](OC(=O)CC)C(=O)NCC[NH3+].[Cl-].[Cl-]. The van der Waals surface area contributed by atoms with E-state index in [4.69, 9.17) is 43.0 Å². The summed E-state index contributed by atoms with van der Waals surface area (Å²) in [5.41, 5.74) is 4.68. The van der Waals surface area contributed by atoms with Crippen molar-refractivity contribution in [3.05, 3.63) is 0 Å². The second-order valence-electron chi connectivity index (χ2n) is 25.2. The molecule has 0 spiro atoms. The summed E-state index contributed by atoms with van der Waals surface area (Å²) in [7, 11) is 0. The lowest BCUT2D eigenvalue weighted by Gasteiger charge is -2.25. The number of carbonyl (C=O) groups excluding carboxylic acids is 14. The summed E-state index contributed by atoms with van der Waals surface area (Å²) in [5.74, 6) is -8.72. The van der Waals surface area contributed by atoms with Crippen LogP contribution in [-0.4, -0.2) is 209 Å². The maximum Gasteiger partial charge on any atom is 0.407 e.